The van der Waals surface area contributed by atoms with E-state index in [1.54, 1.807) is 0 Å². The molecule has 0 bridgehead atoms. The van der Waals surface area contributed by atoms with Gasteiger partial charge in [-0.05, 0) is 43.9 Å². The highest BCUT2D eigenvalue weighted by molar-refractivity contribution is 5.74. The van der Waals surface area contributed by atoms with Gasteiger partial charge in [-0.3, -0.25) is 4.90 Å². The molecular formula is C20H32N4O. The van der Waals surface area contributed by atoms with Crippen LogP contribution in [-0.2, 0) is 6.42 Å². The normalized spacial score (nSPS) is 15.6. The lowest BCUT2D eigenvalue weighted by Gasteiger charge is -2.32. The Morgan fingerprint density at radius 3 is 2.44 bits per heavy atom. The zero-order valence-electron chi connectivity index (χ0n) is 15.8. The molecule has 2 rings (SSSR count). The van der Waals surface area contributed by atoms with Gasteiger partial charge in [0.25, 0.3) is 0 Å². The molecule has 1 aliphatic rings. The predicted molar refractivity (Wildman–Crippen MR) is 105 cm³/mol. The van der Waals surface area contributed by atoms with Crippen molar-refractivity contribution >= 4 is 11.7 Å². The highest BCUT2D eigenvalue weighted by Crippen LogP contribution is 2.13. The molecule has 5 heteroatoms. The van der Waals surface area contributed by atoms with Crippen LogP contribution in [0.25, 0.3) is 0 Å². The summed E-state index contributed by atoms with van der Waals surface area (Å²) in [6.45, 7) is 9.69. The van der Waals surface area contributed by atoms with Gasteiger partial charge >= 0.3 is 6.03 Å². The number of likely N-dealkylation sites (tertiary alicyclic amines) is 1. The number of hydrogen-bond donors (Lipinski definition) is 2. The fraction of sp³-hybridized carbons (Fsp3) is 0.550. The molecule has 5 nitrogen and oxygen atoms in total. The van der Waals surface area contributed by atoms with Gasteiger partial charge in [-0.25, -0.2) is 4.79 Å². The van der Waals surface area contributed by atoms with Crippen LogP contribution in [0.15, 0.2) is 36.4 Å². The van der Waals surface area contributed by atoms with Gasteiger partial charge in [-0.2, -0.15) is 0 Å². The first-order chi connectivity index (χ1) is 11.9. The Bertz CT molecular complexity index is 560. The SMILES string of the molecule is C=C(C)CN1CCC(NC(=O)NCCc2ccc(N(C)C)cc2)CC1. The topological polar surface area (TPSA) is 47.6 Å². The molecule has 0 radical (unpaired) electrons. The quantitative estimate of drug-likeness (QED) is 0.748. The molecule has 2 amide bonds. The second-order valence-corrected chi connectivity index (χ2v) is 7.22. The zero-order valence-corrected chi connectivity index (χ0v) is 15.8. The van der Waals surface area contributed by atoms with E-state index in [9.17, 15) is 4.79 Å². The van der Waals surface area contributed by atoms with Crippen molar-refractivity contribution in [3.05, 3.63) is 42.0 Å². The van der Waals surface area contributed by atoms with Crippen LogP contribution in [0.3, 0.4) is 0 Å². The minimum absolute atomic E-state index is 0.0525. The Hall–Kier alpha value is -2.01. The summed E-state index contributed by atoms with van der Waals surface area (Å²) in [5, 5.41) is 6.07. The summed E-state index contributed by atoms with van der Waals surface area (Å²) < 4.78 is 0. The third-order valence-electron chi connectivity index (χ3n) is 4.57. The van der Waals surface area contributed by atoms with Crippen molar-refractivity contribution in [2.24, 2.45) is 0 Å². The zero-order chi connectivity index (χ0) is 18.2. The number of nitrogens with zero attached hydrogens (tertiary/aromatic N) is 2. The Balaban J connectivity index is 1.63. The van der Waals surface area contributed by atoms with Gasteiger partial charge in [0, 0.05) is 52.0 Å². The Kier molecular flexibility index (Phi) is 7.31. The summed E-state index contributed by atoms with van der Waals surface area (Å²) in [5.74, 6) is 0. The van der Waals surface area contributed by atoms with Gasteiger partial charge < -0.3 is 15.5 Å². The molecule has 25 heavy (non-hydrogen) atoms. The van der Waals surface area contributed by atoms with Gasteiger partial charge in [0.05, 0.1) is 0 Å². The van der Waals surface area contributed by atoms with E-state index in [0.717, 1.165) is 38.9 Å². The lowest BCUT2D eigenvalue weighted by Crippen LogP contribution is -2.48. The van der Waals surface area contributed by atoms with Gasteiger partial charge in [-0.1, -0.05) is 24.3 Å². The molecule has 0 spiro atoms. The number of amides is 2. The van der Waals surface area contributed by atoms with Crippen LogP contribution in [0, 0.1) is 0 Å². The maximum Gasteiger partial charge on any atom is 0.315 e. The number of carbonyl (C=O) groups is 1. The van der Waals surface area contributed by atoms with Crippen molar-refractivity contribution in [3.63, 3.8) is 0 Å². The summed E-state index contributed by atoms with van der Waals surface area (Å²) in [6, 6.07) is 8.67. The molecule has 1 aliphatic heterocycles. The number of carbonyl (C=O) groups excluding carboxylic acids is 1. The van der Waals surface area contributed by atoms with Crippen LogP contribution >= 0.6 is 0 Å². The lowest BCUT2D eigenvalue weighted by molar-refractivity contribution is 0.202. The van der Waals surface area contributed by atoms with Gasteiger partial charge in [-0.15, -0.1) is 0 Å². The number of piperidine rings is 1. The van der Waals surface area contributed by atoms with E-state index in [1.165, 1.54) is 16.8 Å². The summed E-state index contributed by atoms with van der Waals surface area (Å²) >= 11 is 0. The largest absolute Gasteiger partial charge is 0.378 e. The first kappa shape index (κ1) is 19.3. The Labute approximate surface area is 152 Å². The maximum absolute atomic E-state index is 12.0. The van der Waals surface area contributed by atoms with E-state index in [2.05, 4.69) is 58.2 Å². The number of hydrogen-bond acceptors (Lipinski definition) is 3. The van der Waals surface area contributed by atoms with E-state index in [0.29, 0.717) is 6.54 Å². The highest BCUT2D eigenvalue weighted by Gasteiger charge is 2.20. The summed E-state index contributed by atoms with van der Waals surface area (Å²) in [4.78, 5) is 16.5. The molecule has 0 atom stereocenters. The van der Waals surface area contributed by atoms with E-state index in [4.69, 9.17) is 0 Å². The Morgan fingerprint density at radius 1 is 1.24 bits per heavy atom. The first-order valence-corrected chi connectivity index (χ1v) is 9.11. The summed E-state index contributed by atoms with van der Waals surface area (Å²) in [6.07, 6.45) is 2.86. The maximum atomic E-state index is 12.0. The van der Waals surface area contributed by atoms with Gasteiger partial charge in [0.15, 0.2) is 0 Å². The summed E-state index contributed by atoms with van der Waals surface area (Å²) in [5.41, 5.74) is 3.62. The molecule has 0 aliphatic carbocycles. The van der Waals surface area contributed by atoms with E-state index in [1.807, 2.05) is 14.1 Å². The van der Waals surface area contributed by atoms with Crippen LogP contribution in [0.2, 0.25) is 0 Å². The molecule has 1 aromatic carbocycles. The third-order valence-corrected chi connectivity index (χ3v) is 4.57. The van der Waals surface area contributed by atoms with Crippen molar-refractivity contribution in [3.8, 4) is 0 Å². The second kappa shape index (κ2) is 9.47. The summed E-state index contributed by atoms with van der Waals surface area (Å²) in [7, 11) is 4.06. The smallest absolute Gasteiger partial charge is 0.315 e. The Morgan fingerprint density at radius 2 is 1.88 bits per heavy atom. The van der Waals surface area contributed by atoms with Crippen molar-refractivity contribution in [2.75, 3.05) is 45.2 Å². The molecule has 138 valence electrons. The molecule has 1 fully saturated rings. The van der Waals surface area contributed by atoms with Crippen LogP contribution in [0.4, 0.5) is 10.5 Å². The van der Waals surface area contributed by atoms with Crippen LogP contribution in [-0.4, -0.2) is 57.2 Å². The minimum Gasteiger partial charge on any atom is -0.378 e. The molecule has 1 heterocycles. The van der Waals surface area contributed by atoms with Crippen molar-refractivity contribution < 1.29 is 4.79 Å². The van der Waals surface area contributed by atoms with Crippen LogP contribution in [0.5, 0.6) is 0 Å². The monoisotopic (exact) mass is 344 g/mol. The van der Waals surface area contributed by atoms with E-state index >= 15 is 0 Å². The molecule has 0 saturated carbocycles. The van der Waals surface area contributed by atoms with E-state index in [-0.39, 0.29) is 12.1 Å². The molecule has 1 saturated heterocycles. The van der Waals surface area contributed by atoms with Crippen molar-refractivity contribution in [2.45, 2.75) is 32.2 Å². The number of rotatable bonds is 7. The first-order valence-electron chi connectivity index (χ1n) is 9.11. The molecule has 1 aromatic rings. The van der Waals surface area contributed by atoms with Crippen molar-refractivity contribution in [1.29, 1.82) is 0 Å². The predicted octanol–water partition coefficient (Wildman–Crippen LogP) is 2.63. The number of urea groups is 1. The van der Waals surface area contributed by atoms with Gasteiger partial charge in [0.1, 0.15) is 0 Å². The minimum atomic E-state index is -0.0525. The standard InChI is InChI=1S/C20H32N4O/c1-16(2)15-24-13-10-18(11-14-24)22-20(25)21-12-9-17-5-7-19(8-6-17)23(3)4/h5-8,18H,1,9-15H2,2-4H3,(H2,21,22,25). The molecular weight excluding hydrogens is 312 g/mol. The molecule has 0 unspecified atom stereocenters. The van der Waals surface area contributed by atoms with Crippen LogP contribution < -0.4 is 15.5 Å². The van der Waals surface area contributed by atoms with Gasteiger partial charge in [0.2, 0.25) is 0 Å². The molecule has 0 aromatic heterocycles. The number of nitrogens with one attached hydrogen (secondary N) is 2. The second-order valence-electron chi connectivity index (χ2n) is 7.22. The average molecular weight is 345 g/mol. The molecule has 2 N–H and O–H groups in total. The fourth-order valence-electron chi connectivity index (χ4n) is 3.13. The van der Waals surface area contributed by atoms with E-state index < -0.39 is 0 Å². The highest BCUT2D eigenvalue weighted by atomic mass is 16.2. The fourth-order valence-corrected chi connectivity index (χ4v) is 3.13. The average Bonchev–Trinajstić information content (AvgIpc) is 2.56. The third kappa shape index (κ3) is 6.78. The van der Waals surface area contributed by atoms with Crippen LogP contribution in [0.1, 0.15) is 25.3 Å². The van der Waals surface area contributed by atoms with Crippen molar-refractivity contribution in [1.82, 2.24) is 15.5 Å². The number of anilines is 1. The number of benzene rings is 1. The lowest BCUT2D eigenvalue weighted by atomic mass is 10.0.